The molecule has 2 aromatic heterocycles. The maximum absolute atomic E-state index is 12.1. The second-order valence-corrected chi connectivity index (χ2v) is 9.01. The van der Waals surface area contributed by atoms with Crippen molar-refractivity contribution in [3.8, 4) is 5.75 Å². The second kappa shape index (κ2) is 10.1. The third-order valence-corrected chi connectivity index (χ3v) is 6.22. The van der Waals surface area contributed by atoms with E-state index in [2.05, 4.69) is 47.4 Å². The number of amides is 1. The number of aromatic nitrogens is 1. The van der Waals surface area contributed by atoms with Gasteiger partial charge in [0.25, 0.3) is 5.91 Å². The van der Waals surface area contributed by atoms with Gasteiger partial charge in [-0.15, -0.1) is 0 Å². The van der Waals surface area contributed by atoms with Crippen LogP contribution in [0.15, 0.2) is 95.3 Å². The summed E-state index contributed by atoms with van der Waals surface area (Å²) in [7, 11) is 0. The highest BCUT2D eigenvalue weighted by Crippen LogP contribution is 2.37. The normalized spacial score (nSPS) is 11.2. The van der Waals surface area contributed by atoms with Crippen molar-refractivity contribution in [2.75, 3.05) is 6.61 Å². The summed E-state index contributed by atoms with van der Waals surface area (Å²) in [5.74, 6) is 0.623. The number of carbonyl (C=O) groups is 1. The molecule has 4 rings (SSSR count). The number of nitrogens with zero attached hydrogens (tertiary/aromatic N) is 2. The summed E-state index contributed by atoms with van der Waals surface area (Å²) in [5, 5.41) is 5.56. The predicted molar refractivity (Wildman–Crippen MR) is 128 cm³/mol. The summed E-state index contributed by atoms with van der Waals surface area (Å²) in [5.41, 5.74) is 3.08. The molecule has 0 aliphatic rings. The molecule has 0 spiro atoms. The second-order valence-electron chi connectivity index (χ2n) is 6.22. The Kier molecular flexibility index (Phi) is 7.06. The lowest BCUT2D eigenvalue weighted by molar-refractivity contribution is -0.123. The van der Waals surface area contributed by atoms with E-state index < -0.39 is 5.91 Å². The van der Waals surface area contributed by atoms with E-state index in [0.29, 0.717) is 21.5 Å². The summed E-state index contributed by atoms with van der Waals surface area (Å²) in [6, 6.07) is 19.2. The minimum Gasteiger partial charge on any atom is -0.480 e. The van der Waals surface area contributed by atoms with Crippen molar-refractivity contribution in [3.63, 3.8) is 0 Å². The van der Waals surface area contributed by atoms with Crippen molar-refractivity contribution in [2.24, 2.45) is 5.10 Å². The Balaban J connectivity index is 1.33. The standard InChI is InChI=1S/C22H15Br2N3O3S/c23-17-11-18(24)22(21-16(17)7-4-10-25-21)29-13-19(28)27-26-12-14-8-9-20(30-14)31-15-5-2-1-3-6-15/h1-12H,13H2,(H,27,28)/b26-12+. The Morgan fingerprint density at radius 3 is 2.81 bits per heavy atom. The zero-order valence-electron chi connectivity index (χ0n) is 15.9. The molecular weight excluding hydrogens is 546 g/mol. The van der Waals surface area contributed by atoms with Gasteiger partial charge in [-0.25, -0.2) is 5.43 Å². The summed E-state index contributed by atoms with van der Waals surface area (Å²) >= 11 is 8.47. The van der Waals surface area contributed by atoms with Crippen LogP contribution in [0.4, 0.5) is 0 Å². The molecule has 2 aromatic carbocycles. The molecule has 0 bridgehead atoms. The van der Waals surface area contributed by atoms with Crippen molar-refractivity contribution >= 4 is 66.6 Å². The fraction of sp³-hybridized carbons (Fsp3) is 0.0455. The molecule has 31 heavy (non-hydrogen) atoms. The van der Waals surface area contributed by atoms with Crippen LogP contribution in [0.1, 0.15) is 5.76 Å². The summed E-state index contributed by atoms with van der Waals surface area (Å²) < 4.78 is 13.0. The van der Waals surface area contributed by atoms with E-state index in [1.807, 2.05) is 54.6 Å². The average molecular weight is 561 g/mol. The van der Waals surface area contributed by atoms with Gasteiger partial charge in [0.05, 0.1) is 10.7 Å². The van der Waals surface area contributed by atoms with Gasteiger partial charge >= 0.3 is 0 Å². The maximum Gasteiger partial charge on any atom is 0.277 e. The van der Waals surface area contributed by atoms with Crippen LogP contribution in [0.5, 0.6) is 5.75 Å². The van der Waals surface area contributed by atoms with E-state index >= 15 is 0 Å². The van der Waals surface area contributed by atoms with Gasteiger partial charge in [-0.1, -0.05) is 52.0 Å². The van der Waals surface area contributed by atoms with E-state index in [-0.39, 0.29) is 6.61 Å². The topological polar surface area (TPSA) is 76.7 Å². The lowest BCUT2D eigenvalue weighted by Gasteiger charge is -2.11. The van der Waals surface area contributed by atoms with Crippen LogP contribution in [0.2, 0.25) is 0 Å². The number of hydrazone groups is 1. The average Bonchev–Trinajstić information content (AvgIpc) is 3.21. The monoisotopic (exact) mass is 559 g/mol. The van der Waals surface area contributed by atoms with Gasteiger partial charge in [-0.2, -0.15) is 5.10 Å². The summed E-state index contributed by atoms with van der Waals surface area (Å²) in [4.78, 5) is 17.6. The van der Waals surface area contributed by atoms with E-state index in [0.717, 1.165) is 19.8 Å². The van der Waals surface area contributed by atoms with Gasteiger partial charge in [-0.05, 0) is 52.3 Å². The number of hydrogen-bond donors (Lipinski definition) is 1. The van der Waals surface area contributed by atoms with Crippen molar-refractivity contribution in [1.82, 2.24) is 10.4 Å². The van der Waals surface area contributed by atoms with Crippen LogP contribution >= 0.6 is 43.6 Å². The third-order valence-electron chi connectivity index (χ3n) is 4.04. The number of rotatable bonds is 7. The number of carbonyl (C=O) groups excluding carboxylic acids is 1. The molecule has 9 heteroatoms. The summed E-state index contributed by atoms with van der Waals surface area (Å²) in [6.45, 7) is -0.212. The quantitative estimate of drug-likeness (QED) is 0.220. The molecule has 0 aliphatic heterocycles. The molecule has 4 aromatic rings. The molecular formula is C22H15Br2N3O3S. The SMILES string of the molecule is O=C(COc1c(Br)cc(Br)c2cccnc12)N/N=C/c1ccc(Sc2ccccc2)o1. The van der Waals surface area contributed by atoms with Gasteiger partial charge < -0.3 is 9.15 Å². The third kappa shape index (κ3) is 5.55. The van der Waals surface area contributed by atoms with Gasteiger partial charge in [0, 0.05) is 21.0 Å². The fourth-order valence-electron chi connectivity index (χ4n) is 2.69. The van der Waals surface area contributed by atoms with Crippen LogP contribution < -0.4 is 10.2 Å². The van der Waals surface area contributed by atoms with E-state index in [1.165, 1.54) is 18.0 Å². The van der Waals surface area contributed by atoms with Crippen molar-refractivity contribution < 1.29 is 13.9 Å². The Hall–Kier alpha value is -2.62. The van der Waals surface area contributed by atoms with E-state index in [1.54, 1.807) is 12.3 Å². The van der Waals surface area contributed by atoms with Crippen LogP contribution in [0.3, 0.4) is 0 Å². The lowest BCUT2D eigenvalue weighted by atomic mass is 10.2. The van der Waals surface area contributed by atoms with Crippen molar-refractivity contribution in [2.45, 2.75) is 9.99 Å². The number of ether oxygens (including phenoxy) is 1. The van der Waals surface area contributed by atoms with E-state index in [9.17, 15) is 4.79 Å². The first kappa shape index (κ1) is 21.6. The molecule has 1 N–H and O–H groups in total. The highest BCUT2D eigenvalue weighted by Gasteiger charge is 2.13. The summed E-state index contributed by atoms with van der Waals surface area (Å²) in [6.07, 6.45) is 3.12. The first-order valence-electron chi connectivity index (χ1n) is 9.10. The zero-order chi connectivity index (χ0) is 21.6. The molecule has 0 aliphatic carbocycles. The van der Waals surface area contributed by atoms with Gasteiger partial charge in [0.15, 0.2) is 17.4 Å². The van der Waals surface area contributed by atoms with Gasteiger partial charge in [0.2, 0.25) is 0 Å². The van der Waals surface area contributed by atoms with Crippen LogP contribution in [-0.2, 0) is 4.79 Å². The highest BCUT2D eigenvalue weighted by molar-refractivity contribution is 9.11. The molecule has 2 heterocycles. The van der Waals surface area contributed by atoms with Gasteiger partial charge in [-0.3, -0.25) is 9.78 Å². The molecule has 0 fully saturated rings. The number of pyridine rings is 1. The molecule has 0 unspecified atom stereocenters. The minimum atomic E-state index is -0.402. The number of halogens is 2. The largest absolute Gasteiger partial charge is 0.480 e. The van der Waals surface area contributed by atoms with Crippen LogP contribution in [-0.4, -0.2) is 23.7 Å². The number of nitrogens with one attached hydrogen (secondary N) is 1. The molecule has 0 saturated heterocycles. The minimum absolute atomic E-state index is 0.212. The Morgan fingerprint density at radius 1 is 1.13 bits per heavy atom. The molecule has 1 amide bonds. The fourth-order valence-corrected chi connectivity index (χ4v) is 4.87. The Labute approximate surface area is 199 Å². The Bertz CT molecular complexity index is 1250. The Morgan fingerprint density at radius 2 is 1.97 bits per heavy atom. The van der Waals surface area contributed by atoms with Crippen LogP contribution in [0.25, 0.3) is 10.9 Å². The smallest absolute Gasteiger partial charge is 0.277 e. The number of fused-ring (bicyclic) bond motifs is 1. The molecule has 0 atom stereocenters. The predicted octanol–water partition coefficient (Wildman–Crippen LogP) is 6.03. The molecule has 6 nitrogen and oxygen atoms in total. The van der Waals surface area contributed by atoms with Crippen molar-refractivity contribution in [1.29, 1.82) is 0 Å². The van der Waals surface area contributed by atoms with Gasteiger partial charge in [0.1, 0.15) is 11.3 Å². The number of furan rings is 1. The van der Waals surface area contributed by atoms with Crippen molar-refractivity contribution in [3.05, 3.63) is 81.6 Å². The maximum atomic E-state index is 12.1. The number of hydrogen-bond acceptors (Lipinski definition) is 6. The highest BCUT2D eigenvalue weighted by atomic mass is 79.9. The van der Waals surface area contributed by atoms with Crippen LogP contribution in [0, 0.1) is 0 Å². The first-order valence-corrected chi connectivity index (χ1v) is 11.5. The molecule has 0 saturated carbocycles. The lowest BCUT2D eigenvalue weighted by Crippen LogP contribution is -2.24. The molecule has 156 valence electrons. The first-order chi connectivity index (χ1) is 15.1. The number of benzene rings is 2. The molecule has 0 radical (unpaired) electrons. The van der Waals surface area contributed by atoms with E-state index in [4.69, 9.17) is 9.15 Å². The zero-order valence-corrected chi connectivity index (χ0v) is 19.9.